The van der Waals surface area contributed by atoms with Gasteiger partial charge in [0.05, 0.1) is 11.1 Å². The molecule has 1 amide bonds. The molecule has 1 atom stereocenters. The van der Waals surface area contributed by atoms with E-state index >= 15 is 0 Å². The molecule has 1 saturated heterocycles. The first-order valence-electron chi connectivity index (χ1n) is 9.29. The first-order valence-corrected chi connectivity index (χ1v) is 9.29. The summed E-state index contributed by atoms with van der Waals surface area (Å²) in [5.74, 6) is 0.216. The molecule has 26 heavy (non-hydrogen) atoms. The molecule has 1 aromatic carbocycles. The van der Waals surface area contributed by atoms with Crippen LogP contribution in [-0.2, 0) is 16.6 Å². The van der Waals surface area contributed by atoms with Crippen LogP contribution >= 0.6 is 0 Å². The minimum Gasteiger partial charge on any atom is -0.342 e. The number of nitrogens with zero attached hydrogens (tertiary/aromatic N) is 4. The number of carbonyl (C=O) groups is 1. The van der Waals surface area contributed by atoms with Crippen molar-refractivity contribution >= 4 is 5.91 Å². The third-order valence-corrected chi connectivity index (χ3v) is 5.68. The Kier molecular flexibility index (Phi) is 5.67. The van der Waals surface area contributed by atoms with Crippen LogP contribution in [0.2, 0.25) is 0 Å². The van der Waals surface area contributed by atoms with Crippen molar-refractivity contribution in [3.63, 3.8) is 0 Å². The van der Waals surface area contributed by atoms with Crippen LogP contribution in [0.4, 0.5) is 0 Å². The van der Waals surface area contributed by atoms with Crippen molar-refractivity contribution in [2.24, 2.45) is 0 Å². The number of amides is 1. The van der Waals surface area contributed by atoms with Gasteiger partial charge in [-0.3, -0.25) is 14.8 Å². The second-order valence-electron chi connectivity index (χ2n) is 7.42. The van der Waals surface area contributed by atoms with E-state index in [9.17, 15) is 4.79 Å². The van der Waals surface area contributed by atoms with Gasteiger partial charge in [0.2, 0.25) is 5.91 Å². The number of hydrogen-bond acceptors (Lipinski definition) is 4. The van der Waals surface area contributed by atoms with Gasteiger partial charge in [0.25, 0.3) is 0 Å². The van der Waals surface area contributed by atoms with Gasteiger partial charge >= 0.3 is 0 Å². The number of aromatic nitrogens is 2. The molecule has 1 unspecified atom stereocenters. The Morgan fingerprint density at radius 2 is 1.92 bits per heavy atom. The average Bonchev–Trinajstić information content (AvgIpc) is 2.69. The second kappa shape index (κ2) is 7.96. The Bertz CT molecular complexity index is 711. The summed E-state index contributed by atoms with van der Waals surface area (Å²) in [6.45, 7) is 3.96. The van der Waals surface area contributed by atoms with E-state index in [0.29, 0.717) is 6.42 Å². The van der Waals surface area contributed by atoms with Crippen LogP contribution < -0.4 is 0 Å². The van der Waals surface area contributed by atoms with E-state index in [4.69, 9.17) is 0 Å². The van der Waals surface area contributed by atoms with E-state index in [2.05, 4.69) is 41.0 Å². The number of hydrogen-bond donors (Lipinski definition) is 0. The largest absolute Gasteiger partial charge is 0.342 e. The molecule has 1 aliphatic rings. The standard InChI is InChI=1S/C21H28N4O/c1-17(15-19-16-22-11-12-23-19)25(3)20(26)21(9-13-24(2)14-10-21)18-7-5-4-6-8-18/h4-8,11-12,16-17H,9-10,13-15H2,1-3H3. The first-order chi connectivity index (χ1) is 12.5. The number of rotatable bonds is 5. The lowest BCUT2D eigenvalue weighted by atomic mass is 9.71. The maximum absolute atomic E-state index is 13.6. The van der Waals surface area contributed by atoms with Crippen LogP contribution in [-0.4, -0.2) is 58.9 Å². The smallest absolute Gasteiger partial charge is 0.233 e. The summed E-state index contributed by atoms with van der Waals surface area (Å²) in [7, 11) is 4.05. The molecule has 138 valence electrons. The van der Waals surface area contributed by atoms with E-state index in [1.54, 1.807) is 18.6 Å². The Labute approximate surface area is 156 Å². The van der Waals surface area contributed by atoms with Crippen LogP contribution in [0.1, 0.15) is 31.0 Å². The Balaban J connectivity index is 1.83. The molecular formula is C21H28N4O. The average molecular weight is 352 g/mol. The lowest BCUT2D eigenvalue weighted by Crippen LogP contribution is -2.53. The van der Waals surface area contributed by atoms with Crippen molar-refractivity contribution in [1.29, 1.82) is 0 Å². The fourth-order valence-electron chi connectivity index (χ4n) is 3.80. The number of likely N-dealkylation sites (tertiary alicyclic amines) is 1. The third-order valence-electron chi connectivity index (χ3n) is 5.68. The topological polar surface area (TPSA) is 49.3 Å². The molecule has 0 bridgehead atoms. The van der Waals surface area contributed by atoms with Crippen LogP contribution in [0, 0.1) is 0 Å². The van der Waals surface area contributed by atoms with Crippen molar-refractivity contribution in [3.8, 4) is 0 Å². The zero-order valence-corrected chi connectivity index (χ0v) is 15.9. The van der Waals surface area contributed by atoms with Gasteiger partial charge < -0.3 is 9.80 Å². The molecule has 5 nitrogen and oxygen atoms in total. The summed E-state index contributed by atoms with van der Waals surface area (Å²) in [5.41, 5.74) is 1.62. The van der Waals surface area contributed by atoms with Crippen molar-refractivity contribution in [1.82, 2.24) is 19.8 Å². The van der Waals surface area contributed by atoms with E-state index < -0.39 is 5.41 Å². The van der Waals surface area contributed by atoms with Crippen molar-refractivity contribution < 1.29 is 4.79 Å². The van der Waals surface area contributed by atoms with E-state index in [1.807, 2.05) is 30.1 Å². The molecular weight excluding hydrogens is 324 g/mol. The highest BCUT2D eigenvalue weighted by molar-refractivity contribution is 5.88. The van der Waals surface area contributed by atoms with Gasteiger partial charge in [-0.05, 0) is 45.5 Å². The lowest BCUT2D eigenvalue weighted by Gasteiger charge is -2.43. The molecule has 3 rings (SSSR count). The van der Waals surface area contributed by atoms with E-state index in [1.165, 1.54) is 0 Å². The van der Waals surface area contributed by atoms with Gasteiger partial charge in [-0.25, -0.2) is 0 Å². The van der Waals surface area contributed by atoms with Gasteiger partial charge in [0.15, 0.2) is 0 Å². The summed E-state index contributed by atoms with van der Waals surface area (Å²) in [6, 6.07) is 10.3. The normalized spacial score (nSPS) is 18.3. The molecule has 2 heterocycles. The molecule has 2 aromatic rings. The summed E-state index contributed by atoms with van der Waals surface area (Å²) in [6.07, 6.45) is 7.57. The summed E-state index contributed by atoms with van der Waals surface area (Å²) in [4.78, 5) is 26.3. The predicted octanol–water partition coefficient (Wildman–Crippen LogP) is 2.53. The van der Waals surface area contributed by atoms with Gasteiger partial charge in [-0.1, -0.05) is 30.3 Å². The van der Waals surface area contributed by atoms with Crippen LogP contribution in [0.3, 0.4) is 0 Å². The highest BCUT2D eigenvalue weighted by atomic mass is 16.2. The SMILES string of the molecule is CC(Cc1cnccn1)N(C)C(=O)C1(c2ccccc2)CCN(C)CC1. The fraction of sp³-hybridized carbons (Fsp3) is 0.476. The van der Waals surface area contributed by atoms with Gasteiger partial charge in [-0.2, -0.15) is 0 Å². The van der Waals surface area contributed by atoms with Crippen LogP contribution in [0.15, 0.2) is 48.9 Å². The zero-order chi connectivity index (χ0) is 18.6. The number of carbonyl (C=O) groups excluding carboxylic acids is 1. The van der Waals surface area contributed by atoms with Crippen molar-refractivity contribution in [2.45, 2.75) is 37.6 Å². The molecule has 0 N–H and O–H groups in total. The van der Waals surface area contributed by atoms with Gasteiger partial charge in [-0.15, -0.1) is 0 Å². The van der Waals surface area contributed by atoms with E-state index in [-0.39, 0.29) is 11.9 Å². The highest BCUT2D eigenvalue weighted by Crippen LogP contribution is 2.37. The molecule has 0 aliphatic carbocycles. The molecule has 1 fully saturated rings. The quantitative estimate of drug-likeness (QED) is 0.830. The number of piperidine rings is 1. The lowest BCUT2D eigenvalue weighted by molar-refractivity contribution is -0.140. The fourth-order valence-corrected chi connectivity index (χ4v) is 3.80. The molecule has 1 aromatic heterocycles. The van der Waals surface area contributed by atoms with Crippen LogP contribution in [0.5, 0.6) is 0 Å². The summed E-state index contributed by atoms with van der Waals surface area (Å²) < 4.78 is 0. The third kappa shape index (κ3) is 3.78. The minimum absolute atomic E-state index is 0.0689. The minimum atomic E-state index is -0.431. The Hall–Kier alpha value is -2.27. The molecule has 1 aliphatic heterocycles. The molecule has 0 spiro atoms. The van der Waals surface area contributed by atoms with Gasteiger partial charge in [0.1, 0.15) is 0 Å². The van der Waals surface area contributed by atoms with E-state index in [0.717, 1.165) is 37.2 Å². The predicted molar refractivity (Wildman–Crippen MR) is 103 cm³/mol. The molecule has 0 radical (unpaired) electrons. The number of benzene rings is 1. The summed E-state index contributed by atoms with van der Waals surface area (Å²) in [5, 5.41) is 0. The maximum Gasteiger partial charge on any atom is 0.233 e. The Morgan fingerprint density at radius 3 is 2.54 bits per heavy atom. The number of likely N-dealkylation sites (N-methyl/N-ethyl adjacent to an activating group) is 1. The zero-order valence-electron chi connectivity index (χ0n) is 15.9. The second-order valence-corrected chi connectivity index (χ2v) is 7.42. The van der Waals surface area contributed by atoms with Crippen molar-refractivity contribution in [3.05, 3.63) is 60.2 Å². The van der Waals surface area contributed by atoms with Crippen molar-refractivity contribution in [2.75, 3.05) is 27.2 Å². The first kappa shape index (κ1) is 18.5. The monoisotopic (exact) mass is 352 g/mol. The maximum atomic E-state index is 13.6. The molecule has 0 saturated carbocycles. The Morgan fingerprint density at radius 1 is 1.23 bits per heavy atom. The summed E-state index contributed by atoms with van der Waals surface area (Å²) >= 11 is 0. The molecule has 5 heteroatoms. The van der Waals surface area contributed by atoms with Crippen LogP contribution in [0.25, 0.3) is 0 Å². The van der Waals surface area contributed by atoms with Gasteiger partial charge in [0, 0.05) is 38.1 Å². The highest BCUT2D eigenvalue weighted by Gasteiger charge is 2.44.